The number of unbranched alkanes of at least 4 members (excludes halogenated alkanes) is 1. The quantitative estimate of drug-likeness (QED) is 0.720. The first-order valence-corrected chi connectivity index (χ1v) is 9.99. The molecule has 2 aliphatic rings. The summed E-state index contributed by atoms with van der Waals surface area (Å²) in [4.78, 5) is 11.6. The number of piperazine rings is 1. The van der Waals surface area contributed by atoms with Crippen molar-refractivity contribution < 1.29 is 9.47 Å². The van der Waals surface area contributed by atoms with Crippen molar-refractivity contribution in [2.24, 2.45) is 0 Å². The second-order valence-electron chi connectivity index (χ2n) is 7.34. The number of fused-ring (bicyclic) bond motifs is 1. The van der Waals surface area contributed by atoms with Crippen LogP contribution in [-0.4, -0.2) is 66.6 Å². The molecule has 0 bridgehead atoms. The van der Waals surface area contributed by atoms with E-state index in [2.05, 4.69) is 44.0 Å². The van der Waals surface area contributed by atoms with Crippen LogP contribution in [0.15, 0.2) is 24.4 Å². The molecule has 4 rings (SSSR count). The highest BCUT2D eigenvalue weighted by molar-refractivity contribution is 5.45. The normalized spacial score (nSPS) is 16.4. The summed E-state index contributed by atoms with van der Waals surface area (Å²) in [5.74, 6) is 3.30. The lowest BCUT2D eigenvalue weighted by atomic mass is 10.1. The lowest BCUT2D eigenvalue weighted by Gasteiger charge is -2.35. The van der Waals surface area contributed by atoms with E-state index in [1.807, 2.05) is 13.1 Å². The molecule has 28 heavy (non-hydrogen) atoms. The molecule has 0 atom stereocenters. The van der Waals surface area contributed by atoms with E-state index in [0.29, 0.717) is 12.7 Å². The van der Waals surface area contributed by atoms with Crippen LogP contribution in [0.1, 0.15) is 25.3 Å². The average molecular weight is 384 g/mol. The van der Waals surface area contributed by atoms with E-state index in [-0.39, 0.29) is 0 Å². The van der Waals surface area contributed by atoms with Crippen molar-refractivity contribution in [1.29, 1.82) is 0 Å². The second kappa shape index (κ2) is 8.60. The molecule has 0 unspecified atom stereocenters. The van der Waals surface area contributed by atoms with Crippen molar-refractivity contribution >= 4 is 11.8 Å². The fourth-order valence-electron chi connectivity index (χ4n) is 3.53. The lowest BCUT2D eigenvalue weighted by molar-refractivity contribution is 0.174. The van der Waals surface area contributed by atoms with E-state index in [1.165, 1.54) is 5.56 Å². The molecule has 1 saturated heterocycles. The summed E-state index contributed by atoms with van der Waals surface area (Å²) >= 11 is 0. The summed E-state index contributed by atoms with van der Waals surface area (Å²) in [5, 5.41) is 8.37. The molecule has 0 N–H and O–H groups in total. The Kier molecular flexibility index (Phi) is 5.76. The van der Waals surface area contributed by atoms with Gasteiger partial charge < -0.3 is 19.3 Å². The largest absolute Gasteiger partial charge is 0.454 e. The van der Waals surface area contributed by atoms with Crippen molar-refractivity contribution in [2.75, 3.05) is 56.4 Å². The molecule has 0 spiro atoms. The third-order valence-corrected chi connectivity index (χ3v) is 5.26. The predicted octanol–water partition coefficient (Wildman–Crippen LogP) is 2.16. The Morgan fingerprint density at radius 1 is 1.11 bits per heavy atom. The molecule has 2 aromatic rings. The van der Waals surface area contributed by atoms with E-state index < -0.39 is 0 Å². The molecular weight excluding hydrogens is 356 g/mol. The fourth-order valence-corrected chi connectivity index (χ4v) is 3.53. The van der Waals surface area contributed by atoms with E-state index in [9.17, 15) is 0 Å². The van der Waals surface area contributed by atoms with Crippen molar-refractivity contribution in [3.05, 3.63) is 30.0 Å². The maximum Gasteiger partial charge on any atom is 0.247 e. The van der Waals surface area contributed by atoms with Crippen LogP contribution in [-0.2, 0) is 6.54 Å². The monoisotopic (exact) mass is 384 g/mol. The van der Waals surface area contributed by atoms with Gasteiger partial charge in [-0.1, -0.05) is 19.4 Å². The van der Waals surface area contributed by atoms with Gasteiger partial charge in [-0.15, -0.1) is 5.10 Å². The lowest BCUT2D eigenvalue weighted by Crippen LogP contribution is -2.46. The maximum atomic E-state index is 5.48. The van der Waals surface area contributed by atoms with Crippen LogP contribution in [0.4, 0.5) is 11.8 Å². The highest BCUT2D eigenvalue weighted by atomic mass is 16.7. The Labute approximate surface area is 166 Å². The number of ether oxygens (including phenoxy) is 2. The number of rotatable bonds is 7. The summed E-state index contributed by atoms with van der Waals surface area (Å²) in [5.41, 5.74) is 1.25. The number of nitrogens with zero attached hydrogens (tertiary/aromatic N) is 6. The van der Waals surface area contributed by atoms with Crippen molar-refractivity contribution in [3.8, 4) is 11.5 Å². The molecule has 2 aliphatic heterocycles. The Balaban J connectivity index is 1.33. The Morgan fingerprint density at radius 2 is 1.93 bits per heavy atom. The average Bonchev–Trinajstić information content (AvgIpc) is 3.20. The van der Waals surface area contributed by atoms with Gasteiger partial charge in [-0.3, -0.25) is 4.90 Å². The molecule has 1 fully saturated rings. The van der Waals surface area contributed by atoms with Crippen LogP contribution in [0.25, 0.3) is 0 Å². The molecule has 1 aromatic heterocycles. The third-order valence-electron chi connectivity index (χ3n) is 5.26. The van der Waals surface area contributed by atoms with Crippen LogP contribution in [0, 0.1) is 0 Å². The second-order valence-corrected chi connectivity index (χ2v) is 7.34. The SMILES string of the molecule is CCCCN(C)c1nncc(N2CCN(Cc3ccc4c(c3)OCO4)CC2)n1. The molecule has 150 valence electrons. The first kappa shape index (κ1) is 18.7. The molecule has 0 radical (unpaired) electrons. The molecule has 3 heterocycles. The smallest absolute Gasteiger partial charge is 0.247 e. The van der Waals surface area contributed by atoms with Gasteiger partial charge in [-0.2, -0.15) is 10.1 Å². The first-order chi connectivity index (χ1) is 13.7. The maximum absolute atomic E-state index is 5.48. The number of hydrogen-bond acceptors (Lipinski definition) is 8. The molecule has 0 amide bonds. The minimum atomic E-state index is 0.319. The minimum absolute atomic E-state index is 0.319. The van der Waals surface area contributed by atoms with Crippen molar-refractivity contribution in [1.82, 2.24) is 20.1 Å². The van der Waals surface area contributed by atoms with Gasteiger partial charge in [-0.25, -0.2) is 0 Å². The summed E-state index contributed by atoms with van der Waals surface area (Å²) in [6.07, 6.45) is 4.05. The fraction of sp³-hybridized carbons (Fsp3) is 0.550. The molecular formula is C20H28N6O2. The zero-order valence-corrected chi connectivity index (χ0v) is 16.7. The standard InChI is InChI=1S/C20H28N6O2/c1-3-4-7-24(2)20-22-19(13-21-23-20)26-10-8-25(9-11-26)14-16-5-6-17-18(12-16)28-15-27-17/h5-6,12-13H,3-4,7-11,14-15H2,1-2H3. The van der Waals surface area contributed by atoms with E-state index in [0.717, 1.165) is 69.4 Å². The first-order valence-electron chi connectivity index (χ1n) is 9.99. The highest BCUT2D eigenvalue weighted by Gasteiger charge is 2.20. The zero-order chi connectivity index (χ0) is 19.3. The van der Waals surface area contributed by atoms with Gasteiger partial charge in [-0.05, 0) is 24.1 Å². The number of anilines is 2. The van der Waals surface area contributed by atoms with Crippen LogP contribution < -0.4 is 19.3 Å². The summed E-state index contributed by atoms with van der Waals surface area (Å²) in [6.45, 7) is 8.20. The van der Waals surface area contributed by atoms with Crippen molar-refractivity contribution in [3.63, 3.8) is 0 Å². The van der Waals surface area contributed by atoms with E-state index in [1.54, 1.807) is 6.20 Å². The molecule has 0 saturated carbocycles. The highest BCUT2D eigenvalue weighted by Crippen LogP contribution is 2.32. The topological polar surface area (TPSA) is 66.9 Å². The molecule has 8 nitrogen and oxygen atoms in total. The Bertz CT molecular complexity index is 794. The van der Waals surface area contributed by atoms with Gasteiger partial charge in [0.25, 0.3) is 0 Å². The van der Waals surface area contributed by atoms with Crippen LogP contribution in [0.3, 0.4) is 0 Å². The zero-order valence-electron chi connectivity index (χ0n) is 16.7. The van der Waals surface area contributed by atoms with Gasteiger partial charge in [0.1, 0.15) is 0 Å². The Morgan fingerprint density at radius 3 is 2.75 bits per heavy atom. The summed E-state index contributed by atoms with van der Waals surface area (Å²) in [6, 6.07) is 6.20. The van der Waals surface area contributed by atoms with E-state index >= 15 is 0 Å². The molecule has 1 aromatic carbocycles. The molecule has 0 aliphatic carbocycles. The van der Waals surface area contributed by atoms with Gasteiger partial charge in [0.05, 0.1) is 6.20 Å². The van der Waals surface area contributed by atoms with Crippen LogP contribution in [0.5, 0.6) is 11.5 Å². The third kappa shape index (κ3) is 4.27. The van der Waals surface area contributed by atoms with Gasteiger partial charge in [0.15, 0.2) is 17.3 Å². The van der Waals surface area contributed by atoms with Gasteiger partial charge >= 0.3 is 0 Å². The van der Waals surface area contributed by atoms with Crippen LogP contribution >= 0.6 is 0 Å². The Hall–Kier alpha value is -2.61. The van der Waals surface area contributed by atoms with Crippen molar-refractivity contribution in [2.45, 2.75) is 26.3 Å². The molecule has 8 heteroatoms. The summed E-state index contributed by atoms with van der Waals surface area (Å²) < 4.78 is 10.9. The summed E-state index contributed by atoms with van der Waals surface area (Å²) in [7, 11) is 2.03. The van der Waals surface area contributed by atoms with Crippen LogP contribution in [0.2, 0.25) is 0 Å². The van der Waals surface area contributed by atoms with Gasteiger partial charge in [0, 0.05) is 46.3 Å². The number of aromatic nitrogens is 3. The number of benzene rings is 1. The minimum Gasteiger partial charge on any atom is -0.454 e. The van der Waals surface area contributed by atoms with E-state index in [4.69, 9.17) is 14.5 Å². The predicted molar refractivity (Wildman–Crippen MR) is 108 cm³/mol. The van der Waals surface area contributed by atoms with Gasteiger partial charge in [0.2, 0.25) is 12.7 Å². The number of hydrogen-bond donors (Lipinski definition) is 0.